The number of nitrogens with one attached hydrogen (secondary N) is 1. The van der Waals surface area contributed by atoms with Gasteiger partial charge in [0.15, 0.2) is 11.6 Å². The third-order valence-corrected chi connectivity index (χ3v) is 4.34. The third kappa shape index (κ3) is 3.93. The van der Waals surface area contributed by atoms with Gasteiger partial charge in [-0.3, -0.25) is 0 Å². The van der Waals surface area contributed by atoms with Gasteiger partial charge < -0.3 is 20.1 Å². The van der Waals surface area contributed by atoms with Gasteiger partial charge in [-0.25, -0.2) is 9.18 Å². The first kappa shape index (κ1) is 17.5. The van der Waals surface area contributed by atoms with Crippen molar-refractivity contribution in [1.29, 1.82) is 0 Å². The van der Waals surface area contributed by atoms with Gasteiger partial charge in [-0.15, -0.1) is 0 Å². The number of nitrogens with zero attached hydrogens (tertiary/aromatic N) is 1. The Balaban J connectivity index is 2.07. The molecule has 1 aliphatic heterocycles. The van der Waals surface area contributed by atoms with Crippen molar-refractivity contribution in [3.05, 3.63) is 29.6 Å². The van der Waals surface area contributed by atoms with Gasteiger partial charge in [0.1, 0.15) is 0 Å². The van der Waals surface area contributed by atoms with Crippen LogP contribution < -0.4 is 10.1 Å². The number of urea groups is 1. The predicted molar refractivity (Wildman–Crippen MR) is 85.9 cm³/mol. The predicted octanol–water partition coefficient (Wildman–Crippen LogP) is 2.84. The molecule has 1 aromatic carbocycles. The van der Waals surface area contributed by atoms with Gasteiger partial charge in [0, 0.05) is 6.54 Å². The van der Waals surface area contributed by atoms with Crippen LogP contribution in [0, 0.1) is 5.82 Å². The van der Waals surface area contributed by atoms with Gasteiger partial charge in [-0.2, -0.15) is 0 Å². The molecular weight excluding hydrogens is 299 g/mol. The molecule has 2 rings (SSSR count). The molecule has 0 saturated carbocycles. The Morgan fingerprint density at radius 2 is 2.22 bits per heavy atom. The van der Waals surface area contributed by atoms with Crippen LogP contribution in [0.4, 0.5) is 9.18 Å². The molecule has 0 aliphatic carbocycles. The summed E-state index contributed by atoms with van der Waals surface area (Å²) in [5, 5.41) is 13.1. The zero-order valence-electron chi connectivity index (χ0n) is 14.1. The van der Waals surface area contributed by atoms with E-state index in [1.54, 1.807) is 30.9 Å². The second kappa shape index (κ2) is 6.74. The Labute approximate surface area is 136 Å². The molecule has 5 nitrogen and oxygen atoms in total. The maximum absolute atomic E-state index is 13.5. The summed E-state index contributed by atoms with van der Waals surface area (Å²) >= 11 is 0. The number of rotatable bonds is 4. The number of benzene rings is 1. The number of carbonyl (C=O) groups excluding carboxylic acids is 1. The molecule has 2 N–H and O–H groups in total. The van der Waals surface area contributed by atoms with Crippen molar-refractivity contribution in [3.8, 4) is 5.75 Å². The summed E-state index contributed by atoms with van der Waals surface area (Å²) in [5.74, 6) is -0.282. The fourth-order valence-electron chi connectivity index (χ4n) is 3.04. The second-order valence-electron chi connectivity index (χ2n) is 6.57. The van der Waals surface area contributed by atoms with Crippen molar-refractivity contribution in [3.63, 3.8) is 0 Å². The monoisotopic (exact) mass is 324 g/mol. The molecule has 1 fully saturated rings. The molecule has 23 heavy (non-hydrogen) atoms. The minimum Gasteiger partial charge on any atom is -0.494 e. The fraction of sp³-hybridized carbons (Fsp3) is 0.588. The molecule has 1 aromatic rings. The highest BCUT2D eigenvalue weighted by atomic mass is 19.1. The first-order chi connectivity index (χ1) is 10.7. The first-order valence-electron chi connectivity index (χ1n) is 7.87. The lowest BCUT2D eigenvalue weighted by atomic mass is 9.97. The van der Waals surface area contributed by atoms with E-state index in [1.165, 1.54) is 13.2 Å². The maximum Gasteiger partial charge on any atom is 0.318 e. The fourth-order valence-corrected chi connectivity index (χ4v) is 3.04. The Hall–Kier alpha value is -1.82. The number of hydrogen-bond acceptors (Lipinski definition) is 3. The number of ether oxygens (including phenoxy) is 1. The average molecular weight is 324 g/mol. The molecule has 6 heteroatoms. The number of hydrogen-bond donors (Lipinski definition) is 2. The van der Waals surface area contributed by atoms with Gasteiger partial charge in [0.2, 0.25) is 0 Å². The highest BCUT2D eigenvalue weighted by molar-refractivity contribution is 5.75. The lowest BCUT2D eigenvalue weighted by Crippen LogP contribution is -2.51. The van der Waals surface area contributed by atoms with Crippen molar-refractivity contribution < 1.29 is 19.0 Å². The smallest absolute Gasteiger partial charge is 0.318 e. The van der Waals surface area contributed by atoms with E-state index in [1.807, 2.05) is 6.92 Å². The van der Waals surface area contributed by atoms with E-state index in [2.05, 4.69) is 5.32 Å². The summed E-state index contributed by atoms with van der Waals surface area (Å²) in [6.07, 6.45) is 1.66. The molecular formula is C17H25FN2O3. The molecule has 2 atom stereocenters. The summed E-state index contributed by atoms with van der Waals surface area (Å²) in [7, 11) is 1.41. The number of halogens is 1. The van der Waals surface area contributed by atoms with Gasteiger partial charge in [-0.05, 0) is 51.3 Å². The van der Waals surface area contributed by atoms with Gasteiger partial charge in [0.25, 0.3) is 0 Å². The van der Waals surface area contributed by atoms with Crippen LogP contribution in [0.15, 0.2) is 18.2 Å². The first-order valence-corrected chi connectivity index (χ1v) is 7.87. The minimum atomic E-state index is -0.934. The zero-order chi connectivity index (χ0) is 17.2. The van der Waals surface area contributed by atoms with E-state index in [9.17, 15) is 14.3 Å². The molecule has 0 aromatic heterocycles. The topological polar surface area (TPSA) is 61.8 Å². The van der Waals surface area contributed by atoms with Crippen molar-refractivity contribution in [2.24, 2.45) is 0 Å². The summed E-state index contributed by atoms with van der Waals surface area (Å²) in [6.45, 7) is 5.90. The van der Waals surface area contributed by atoms with Crippen LogP contribution in [0.25, 0.3) is 0 Å². The standard InChI is InChI=1S/C17H25FN2O3/c1-11(12-7-8-13(18)14(10-12)23-4)19-16(21)20-9-5-6-15(20)17(2,3)22/h7-8,10-11,15,22H,5-6,9H2,1-4H3,(H,19,21). The van der Waals surface area contributed by atoms with Crippen LogP contribution in [0.3, 0.4) is 0 Å². The number of aliphatic hydroxyl groups is 1. The minimum absolute atomic E-state index is 0.152. The molecule has 1 saturated heterocycles. The van der Waals surface area contributed by atoms with Crippen LogP contribution in [0.5, 0.6) is 5.75 Å². The molecule has 1 heterocycles. The van der Waals surface area contributed by atoms with Gasteiger partial charge >= 0.3 is 6.03 Å². The van der Waals surface area contributed by atoms with E-state index < -0.39 is 11.4 Å². The lowest BCUT2D eigenvalue weighted by Gasteiger charge is -2.34. The van der Waals surface area contributed by atoms with Crippen LogP contribution in [0.1, 0.15) is 45.2 Å². The van der Waals surface area contributed by atoms with Gasteiger partial charge in [0.05, 0.1) is 24.8 Å². The maximum atomic E-state index is 13.5. The molecule has 0 spiro atoms. The molecule has 1 aliphatic rings. The zero-order valence-corrected chi connectivity index (χ0v) is 14.1. The quantitative estimate of drug-likeness (QED) is 0.895. The van der Waals surface area contributed by atoms with E-state index >= 15 is 0 Å². The van der Waals surface area contributed by atoms with Crippen LogP contribution in [-0.2, 0) is 0 Å². The number of carbonyl (C=O) groups is 1. The number of methoxy groups -OCH3 is 1. The molecule has 2 unspecified atom stereocenters. The highest BCUT2D eigenvalue weighted by Gasteiger charge is 2.38. The van der Waals surface area contributed by atoms with Crippen molar-refractivity contribution in [1.82, 2.24) is 10.2 Å². The van der Waals surface area contributed by atoms with E-state index in [0.29, 0.717) is 6.54 Å². The molecule has 128 valence electrons. The van der Waals surface area contributed by atoms with Crippen molar-refractivity contribution in [2.75, 3.05) is 13.7 Å². The largest absolute Gasteiger partial charge is 0.494 e. The van der Waals surface area contributed by atoms with Crippen LogP contribution >= 0.6 is 0 Å². The summed E-state index contributed by atoms with van der Waals surface area (Å²) in [6, 6.07) is 3.83. The number of likely N-dealkylation sites (tertiary alicyclic amines) is 1. The Bertz CT molecular complexity index is 571. The SMILES string of the molecule is COc1cc(C(C)NC(=O)N2CCCC2C(C)(C)O)ccc1F. The van der Waals surface area contributed by atoms with E-state index in [0.717, 1.165) is 18.4 Å². The average Bonchev–Trinajstić information content (AvgIpc) is 2.97. The summed E-state index contributed by atoms with van der Waals surface area (Å²) in [4.78, 5) is 14.2. The van der Waals surface area contributed by atoms with E-state index in [4.69, 9.17) is 4.74 Å². The molecule has 0 radical (unpaired) electrons. The normalized spacial score (nSPS) is 19.6. The summed E-state index contributed by atoms with van der Waals surface area (Å²) in [5.41, 5.74) is -0.175. The molecule has 0 bridgehead atoms. The Kier molecular flexibility index (Phi) is 5.14. The van der Waals surface area contributed by atoms with Crippen LogP contribution in [-0.4, -0.2) is 41.3 Å². The Morgan fingerprint density at radius 1 is 1.52 bits per heavy atom. The van der Waals surface area contributed by atoms with Crippen molar-refractivity contribution in [2.45, 2.75) is 51.3 Å². The van der Waals surface area contributed by atoms with E-state index in [-0.39, 0.29) is 23.9 Å². The van der Waals surface area contributed by atoms with Gasteiger partial charge in [-0.1, -0.05) is 6.07 Å². The second-order valence-corrected chi connectivity index (χ2v) is 6.57. The summed E-state index contributed by atoms with van der Waals surface area (Å²) < 4.78 is 18.4. The lowest BCUT2D eigenvalue weighted by molar-refractivity contribution is 0.00951. The van der Waals surface area contributed by atoms with Crippen LogP contribution in [0.2, 0.25) is 0 Å². The highest BCUT2D eigenvalue weighted by Crippen LogP contribution is 2.28. The third-order valence-electron chi connectivity index (χ3n) is 4.34. The van der Waals surface area contributed by atoms with Crippen molar-refractivity contribution >= 4 is 6.03 Å². The molecule has 2 amide bonds. The number of amides is 2. The Morgan fingerprint density at radius 3 is 2.83 bits per heavy atom.